The predicted molar refractivity (Wildman–Crippen MR) is 214 cm³/mol. The van der Waals surface area contributed by atoms with Crippen LogP contribution in [0.3, 0.4) is 0 Å². The van der Waals surface area contributed by atoms with Gasteiger partial charge in [-0.25, -0.2) is 6.07 Å². The van der Waals surface area contributed by atoms with E-state index in [1.807, 2.05) is 91.1 Å². The molecule has 9 rings (SSSR count). The molecular weight excluding hydrogens is 912 g/mol. The van der Waals surface area contributed by atoms with Crippen molar-refractivity contribution in [2.24, 2.45) is 0 Å². The minimum atomic E-state index is 0. The molecule has 0 atom stereocenters. The summed E-state index contributed by atoms with van der Waals surface area (Å²) in [4.78, 5) is 14.1. The van der Waals surface area contributed by atoms with E-state index in [9.17, 15) is 0 Å². The number of benzene rings is 6. The van der Waals surface area contributed by atoms with Crippen LogP contribution in [0.15, 0.2) is 152 Å². The molecule has 0 bridgehead atoms. The second-order valence-electron chi connectivity index (χ2n) is 13.5. The third-order valence-electron chi connectivity index (χ3n) is 8.96. The molecule has 0 aliphatic heterocycles. The van der Waals surface area contributed by atoms with Gasteiger partial charge in [0, 0.05) is 73.1 Å². The minimum Gasteiger partial charge on any atom is -0.374 e. The topological polar surface area (TPSA) is 43.6 Å². The van der Waals surface area contributed by atoms with Gasteiger partial charge in [0.2, 0.25) is 0 Å². The first-order chi connectivity index (χ1) is 24.9. The van der Waals surface area contributed by atoms with Crippen molar-refractivity contribution in [1.82, 2.24) is 19.5 Å². The number of pyridine rings is 2. The van der Waals surface area contributed by atoms with Crippen molar-refractivity contribution < 1.29 is 52.8 Å². The van der Waals surface area contributed by atoms with E-state index in [2.05, 4.69) is 115 Å². The third kappa shape index (κ3) is 8.54. The molecule has 3 heterocycles. The van der Waals surface area contributed by atoms with Gasteiger partial charge in [-0.15, -0.1) is 42.0 Å². The second-order valence-corrected chi connectivity index (χ2v) is 13.5. The molecule has 3 aromatic heterocycles. The summed E-state index contributed by atoms with van der Waals surface area (Å²) in [5, 5.41) is 3.39. The van der Waals surface area contributed by atoms with Crippen LogP contribution in [0.2, 0.25) is 0 Å². The van der Waals surface area contributed by atoms with Crippen LogP contribution in [0.25, 0.3) is 72.2 Å². The van der Waals surface area contributed by atoms with Gasteiger partial charge in [0.05, 0.1) is 11.0 Å². The summed E-state index contributed by atoms with van der Waals surface area (Å²) in [6, 6.07) is 59.3. The molecule has 9 aromatic rings. The van der Waals surface area contributed by atoms with E-state index in [1.54, 1.807) is 0 Å². The second kappa shape index (κ2) is 17.7. The summed E-state index contributed by atoms with van der Waals surface area (Å²) in [6.07, 6.45) is 5.20. The Kier molecular flexibility index (Phi) is 13.3. The molecule has 54 heavy (non-hydrogen) atoms. The molecule has 0 aliphatic carbocycles. The van der Waals surface area contributed by atoms with Crippen molar-refractivity contribution in [2.45, 2.75) is 26.2 Å². The van der Waals surface area contributed by atoms with Crippen LogP contribution in [-0.4, -0.2) is 27.9 Å². The van der Waals surface area contributed by atoms with Gasteiger partial charge < -0.3 is 25.6 Å². The van der Waals surface area contributed by atoms with Gasteiger partial charge in [-0.3, -0.25) is 23.3 Å². The summed E-state index contributed by atoms with van der Waals surface area (Å²) in [7, 11) is 0. The van der Waals surface area contributed by atoms with Gasteiger partial charge in [0.1, 0.15) is 0 Å². The first-order valence-electron chi connectivity index (χ1n) is 17.0. The molecule has 0 saturated heterocycles. The number of hydrogen-bond donors (Lipinski definition) is 0. The fraction of sp³-hybridized carbons (Fsp3) is 0.0851. The summed E-state index contributed by atoms with van der Waals surface area (Å²) in [5.74, 6) is 0.805. The van der Waals surface area contributed by atoms with E-state index < -0.39 is 0 Å². The number of rotatable bonds is 4. The molecule has 0 amide bonds. The van der Waals surface area contributed by atoms with Gasteiger partial charge >= 0.3 is 0 Å². The fourth-order valence-electron chi connectivity index (χ4n) is 6.24. The number of nitrogens with zero attached hydrogens (tertiary/aromatic N) is 4. The number of aromatic nitrogens is 4. The summed E-state index contributed by atoms with van der Waals surface area (Å²) in [6.45, 7) is 6.58. The van der Waals surface area contributed by atoms with E-state index in [0.29, 0.717) is 0 Å². The molecule has 0 N–H and O–H groups in total. The summed E-state index contributed by atoms with van der Waals surface area (Å²) >= 11 is 0. The first-order valence-corrected chi connectivity index (χ1v) is 17.0. The normalized spacial score (nSPS) is 10.8. The zero-order valence-electron chi connectivity index (χ0n) is 30.2. The van der Waals surface area contributed by atoms with Crippen molar-refractivity contribution in [2.75, 3.05) is 0 Å². The van der Waals surface area contributed by atoms with Crippen LogP contribution in [0.5, 0.6) is 0 Å². The zero-order chi connectivity index (χ0) is 34.8. The molecule has 0 aliphatic rings. The molecule has 6 aromatic carbocycles. The van der Waals surface area contributed by atoms with Gasteiger partial charge in [0.25, 0.3) is 0 Å². The smallest absolute Gasteiger partial charge is 0.0668 e. The first kappa shape index (κ1) is 40.6. The Labute approximate surface area is 357 Å². The number of hydrogen-bond acceptors (Lipinski definition) is 3. The van der Waals surface area contributed by atoms with Gasteiger partial charge in [0.15, 0.2) is 0 Å². The van der Waals surface area contributed by atoms with Crippen LogP contribution in [0.4, 0.5) is 0 Å². The average molecular weight is 947 g/mol. The van der Waals surface area contributed by atoms with Crippen LogP contribution in [0, 0.1) is 24.4 Å². The molecule has 5 radical (unpaired) electrons. The predicted octanol–water partition coefficient (Wildman–Crippen LogP) is 10.9. The number of para-hydroxylation sites is 3. The molecule has 0 fully saturated rings. The SMILES string of the molecule is CC(C)(C)c1ccc(-c2[c-]cccc2)nc1.[B].[Ir].[Y].[c-]1ccc(-c2[c-]nc3c(ccc4ccccc43)c2)[c-]c1-c1nc2ccccc2n1-c1ccccc1. The molecule has 0 unspecified atom stereocenters. The van der Waals surface area contributed by atoms with Crippen molar-refractivity contribution in [1.29, 1.82) is 0 Å². The van der Waals surface area contributed by atoms with Gasteiger partial charge in [-0.05, 0) is 69.2 Å². The van der Waals surface area contributed by atoms with Crippen molar-refractivity contribution in [3.63, 3.8) is 0 Å². The van der Waals surface area contributed by atoms with E-state index in [1.165, 1.54) is 10.9 Å². The van der Waals surface area contributed by atoms with Crippen LogP contribution in [0.1, 0.15) is 26.3 Å². The quantitative estimate of drug-likeness (QED) is 0.100. The maximum Gasteiger partial charge on any atom is 0.0668 e. The summed E-state index contributed by atoms with van der Waals surface area (Å²) < 4.78 is 2.16. The third-order valence-corrected chi connectivity index (χ3v) is 8.96. The molecule has 7 heteroatoms. The Morgan fingerprint density at radius 1 is 0.648 bits per heavy atom. The molecule has 0 spiro atoms. The van der Waals surface area contributed by atoms with Crippen LogP contribution >= 0.6 is 0 Å². The van der Waals surface area contributed by atoms with E-state index >= 15 is 0 Å². The monoisotopic (exact) mass is 947 g/mol. The Hall–Kier alpha value is -4.57. The Morgan fingerprint density at radius 2 is 1.39 bits per heavy atom. The molecular formula is C47H34BIrN4Y-4. The largest absolute Gasteiger partial charge is 0.374 e. The standard InChI is InChI=1S/C32H18N3.C15H16N.B.Ir.Y/c1-2-12-27(13-3-1)35-30-16-7-6-15-29(30)34-32(35)25-11-8-10-23(19-25)26-20-24-18-17-22-9-4-5-14-28(22)31(24)33-21-26;1-15(2,3)13-9-10-14(16-11-13)12-7-5-4-6-8-12;;;/h1-10,12-18,20H;4-7,9-11H,1-3H3;;;/q-3;-1;;;. The minimum absolute atomic E-state index is 0. The van der Waals surface area contributed by atoms with Crippen molar-refractivity contribution in [3.05, 3.63) is 182 Å². The zero-order valence-corrected chi connectivity index (χ0v) is 35.4. The van der Waals surface area contributed by atoms with Crippen LogP contribution < -0.4 is 0 Å². The van der Waals surface area contributed by atoms with E-state index in [0.717, 1.165) is 66.8 Å². The van der Waals surface area contributed by atoms with Crippen LogP contribution in [-0.2, 0) is 58.2 Å². The molecule has 261 valence electrons. The molecule has 4 nitrogen and oxygen atoms in total. The van der Waals surface area contributed by atoms with Crippen molar-refractivity contribution in [3.8, 4) is 39.5 Å². The Morgan fingerprint density at radius 3 is 2.15 bits per heavy atom. The van der Waals surface area contributed by atoms with Gasteiger partial charge in [-0.1, -0.05) is 105 Å². The number of fused-ring (bicyclic) bond motifs is 4. The van der Waals surface area contributed by atoms with Gasteiger partial charge in [-0.2, -0.15) is 5.56 Å². The number of imidazole rings is 1. The van der Waals surface area contributed by atoms with E-state index in [4.69, 9.17) is 9.97 Å². The summed E-state index contributed by atoms with van der Waals surface area (Å²) in [5.41, 5.74) is 10.0. The van der Waals surface area contributed by atoms with E-state index in [-0.39, 0.29) is 66.6 Å². The average Bonchev–Trinajstić information content (AvgIpc) is 3.58. The van der Waals surface area contributed by atoms with Crippen molar-refractivity contribution >= 4 is 41.1 Å². The maximum atomic E-state index is 4.95. The fourth-order valence-corrected chi connectivity index (χ4v) is 6.24. The Balaban J connectivity index is 0.000000252. The molecule has 0 saturated carbocycles. The Bertz CT molecular complexity index is 2620. The maximum absolute atomic E-state index is 4.95.